The molecule has 0 atom stereocenters. The highest BCUT2D eigenvalue weighted by Gasteiger charge is 2.38. The maximum absolute atomic E-state index is 12.2. The minimum Gasteiger partial charge on any atom is -0.363 e. The largest absolute Gasteiger partial charge is 0.363 e. The van der Waals surface area contributed by atoms with E-state index in [9.17, 15) is 4.79 Å². The molecule has 0 bridgehead atoms. The topological polar surface area (TPSA) is 41.6 Å². The summed E-state index contributed by atoms with van der Waals surface area (Å²) in [5.74, 6) is 0.181. The molecule has 1 spiro atoms. The molecule has 4 nitrogen and oxygen atoms in total. The van der Waals surface area contributed by atoms with Crippen LogP contribution >= 0.6 is 0 Å². The minimum atomic E-state index is -0.113. The van der Waals surface area contributed by atoms with Crippen LogP contribution in [0.1, 0.15) is 45.4 Å². The van der Waals surface area contributed by atoms with Crippen molar-refractivity contribution in [2.45, 2.75) is 51.0 Å². The van der Waals surface area contributed by atoms with Crippen LogP contribution < -0.4 is 5.32 Å². The van der Waals surface area contributed by atoms with E-state index < -0.39 is 0 Å². The molecule has 0 aromatic carbocycles. The summed E-state index contributed by atoms with van der Waals surface area (Å²) in [6.07, 6.45) is 7.96. The SMILES string of the molecule is CC1(OCC(=O)N2CCC3(CCCC3)CC2)CNC1. The smallest absolute Gasteiger partial charge is 0.248 e. The normalized spacial score (nSPS) is 28.4. The monoisotopic (exact) mass is 266 g/mol. The predicted molar refractivity (Wildman–Crippen MR) is 73.9 cm³/mol. The number of hydrogen-bond acceptors (Lipinski definition) is 3. The Kier molecular flexibility index (Phi) is 3.56. The first-order valence-corrected chi connectivity index (χ1v) is 7.73. The fourth-order valence-corrected chi connectivity index (χ4v) is 3.76. The Bertz CT molecular complexity index is 336. The van der Waals surface area contributed by atoms with Gasteiger partial charge in [-0.1, -0.05) is 12.8 Å². The lowest BCUT2D eigenvalue weighted by molar-refractivity contribution is -0.148. The van der Waals surface area contributed by atoms with Gasteiger partial charge in [0.05, 0.1) is 5.60 Å². The highest BCUT2D eigenvalue weighted by Crippen LogP contribution is 2.46. The standard InChI is InChI=1S/C15H26N2O2/c1-14(11-16-12-14)19-10-13(18)17-8-6-15(7-9-17)4-2-3-5-15/h16H,2-12H2,1H3. The van der Waals surface area contributed by atoms with Gasteiger partial charge in [0.15, 0.2) is 0 Å². The van der Waals surface area contributed by atoms with E-state index in [1.54, 1.807) is 0 Å². The van der Waals surface area contributed by atoms with Crippen LogP contribution in [0.25, 0.3) is 0 Å². The second kappa shape index (κ2) is 5.06. The first kappa shape index (κ1) is 13.4. The highest BCUT2D eigenvalue weighted by atomic mass is 16.5. The maximum Gasteiger partial charge on any atom is 0.248 e. The van der Waals surface area contributed by atoms with Crippen molar-refractivity contribution in [1.29, 1.82) is 0 Å². The molecule has 0 aromatic heterocycles. The number of rotatable bonds is 3. The van der Waals surface area contributed by atoms with Crippen molar-refractivity contribution in [2.75, 3.05) is 32.8 Å². The molecular weight excluding hydrogens is 240 g/mol. The van der Waals surface area contributed by atoms with Gasteiger partial charge in [-0.25, -0.2) is 0 Å². The Hall–Kier alpha value is -0.610. The lowest BCUT2D eigenvalue weighted by Gasteiger charge is -2.41. The molecule has 0 aromatic rings. The van der Waals surface area contributed by atoms with E-state index in [4.69, 9.17) is 4.74 Å². The molecule has 1 amide bonds. The first-order valence-electron chi connectivity index (χ1n) is 7.73. The zero-order chi connectivity index (χ0) is 13.3. The number of carbonyl (C=O) groups excluding carboxylic acids is 1. The van der Waals surface area contributed by atoms with Crippen molar-refractivity contribution in [3.8, 4) is 0 Å². The number of piperidine rings is 1. The summed E-state index contributed by atoms with van der Waals surface area (Å²) in [6, 6.07) is 0. The fraction of sp³-hybridized carbons (Fsp3) is 0.933. The van der Waals surface area contributed by atoms with E-state index in [0.29, 0.717) is 5.41 Å². The Labute approximate surface area is 115 Å². The van der Waals surface area contributed by atoms with E-state index in [1.807, 2.05) is 4.90 Å². The second-order valence-corrected chi connectivity index (χ2v) is 6.93. The van der Waals surface area contributed by atoms with Gasteiger partial charge < -0.3 is 15.0 Å². The molecule has 19 heavy (non-hydrogen) atoms. The Morgan fingerprint density at radius 3 is 2.32 bits per heavy atom. The predicted octanol–water partition coefficient (Wildman–Crippen LogP) is 1.55. The van der Waals surface area contributed by atoms with Crippen LogP contribution in [-0.4, -0.2) is 49.2 Å². The molecule has 0 unspecified atom stereocenters. The molecule has 3 aliphatic rings. The lowest BCUT2D eigenvalue weighted by atomic mass is 9.77. The van der Waals surface area contributed by atoms with Crippen LogP contribution in [-0.2, 0) is 9.53 Å². The third kappa shape index (κ3) is 2.79. The highest BCUT2D eigenvalue weighted by molar-refractivity contribution is 5.77. The molecular formula is C15H26N2O2. The number of nitrogens with zero attached hydrogens (tertiary/aromatic N) is 1. The molecule has 1 saturated carbocycles. The van der Waals surface area contributed by atoms with Crippen molar-refractivity contribution in [3.05, 3.63) is 0 Å². The number of ether oxygens (including phenoxy) is 1. The zero-order valence-electron chi connectivity index (χ0n) is 12.0. The quantitative estimate of drug-likeness (QED) is 0.842. The second-order valence-electron chi connectivity index (χ2n) is 6.93. The molecule has 3 rings (SSSR count). The Balaban J connectivity index is 1.44. The van der Waals surface area contributed by atoms with E-state index in [0.717, 1.165) is 26.2 Å². The number of amides is 1. The summed E-state index contributed by atoms with van der Waals surface area (Å²) >= 11 is 0. The summed E-state index contributed by atoms with van der Waals surface area (Å²) < 4.78 is 5.74. The van der Waals surface area contributed by atoms with E-state index >= 15 is 0 Å². The van der Waals surface area contributed by atoms with Gasteiger partial charge >= 0.3 is 0 Å². The van der Waals surface area contributed by atoms with Gasteiger partial charge in [-0.15, -0.1) is 0 Å². The van der Waals surface area contributed by atoms with Crippen LogP contribution in [0.15, 0.2) is 0 Å². The summed E-state index contributed by atoms with van der Waals surface area (Å²) in [5, 5.41) is 3.19. The number of hydrogen-bond donors (Lipinski definition) is 1. The maximum atomic E-state index is 12.2. The third-order valence-corrected chi connectivity index (χ3v) is 5.38. The average molecular weight is 266 g/mol. The average Bonchev–Trinajstić information content (AvgIpc) is 2.83. The van der Waals surface area contributed by atoms with Crippen LogP contribution in [0.4, 0.5) is 0 Å². The van der Waals surface area contributed by atoms with Gasteiger partial charge in [0.25, 0.3) is 0 Å². The van der Waals surface area contributed by atoms with Crippen LogP contribution in [0.3, 0.4) is 0 Å². The molecule has 108 valence electrons. The van der Waals surface area contributed by atoms with Gasteiger partial charge in [0, 0.05) is 26.2 Å². The van der Waals surface area contributed by atoms with E-state index in [-0.39, 0.29) is 18.1 Å². The summed E-state index contributed by atoms with van der Waals surface area (Å²) in [7, 11) is 0. The molecule has 1 aliphatic carbocycles. The Morgan fingerprint density at radius 2 is 1.79 bits per heavy atom. The van der Waals surface area contributed by atoms with Crippen molar-refractivity contribution in [2.24, 2.45) is 5.41 Å². The summed E-state index contributed by atoms with van der Waals surface area (Å²) in [6.45, 7) is 5.94. The van der Waals surface area contributed by atoms with Crippen molar-refractivity contribution >= 4 is 5.91 Å². The van der Waals surface area contributed by atoms with Crippen LogP contribution in [0.5, 0.6) is 0 Å². The molecule has 0 radical (unpaired) electrons. The van der Waals surface area contributed by atoms with Gasteiger partial charge in [-0.3, -0.25) is 4.79 Å². The Morgan fingerprint density at radius 1 is 1.16 bits per heavy atom. The van der Waals surface area contributed by atoms with Crippen molar-refractivity contribution in [3.63, 3.8) is 0 Å². The number of nitrogens with one attached hydrogen (secondary N) is 1. The van der Waals surface area contributed by atoms with E-state index in [1.165, 1.54) is 38.5 Å². The van der Waals surface area contributed by atoms with Crippen molar-refractivity contribution < 1.29 is 9.53 Å². The van der Waals surface area contributed by atoms with Gasteiger partial charge in [0.1, 0.15) is 6.61 Å². The van der Waals surface area contributed by atoms with Gasteiger partial charge in [0.2, 0.25) is 5.91 Å². The molecule has 4 heteroatoms. The third-order valence-electron chi connectivity index (χ3n) is 5.38. The van der Waals surface area contributed by atoms with Crippen LogP contribution in [0, 0.1) is 5.41 Å². The van der Waals surface area contributed by atoms with Crippen LogP contribution in [0.2, 0.25) is 0 Å². The first-order chi connectivity index (χ1) is 9.11. The molecule has 3 fully saturated rings. The molecule has 2 aliphatic heterocycles. The molecule has 2 heterocycles. The minimum absolute atomic E-state index is 0.113. The van der Waals surface area contributed by atoms with Gasteiger partial charge in [-0.05, 0) is 38.0 Å². The summed E-state index contributed by atoms with van der Waals surface area (Å²) in [4.78, 5) is 14.2. The van der Waals surface area contributed by atoms with Crippen molar-refractivity contribution in [1.82, 2.24) is 10.2 Å². The zero-order valence-corrected chi connectivity index (χ0v) is 12.0. The number of likely N-dealkylation sites (tertiary alicyclic amines) is 1. The summed E-state index contributed by atoms with van der Waals surface area (Å²) in [5.41, 5.74) is 0.472. The fourth-order valence-electron chi connectivity index (χ4n) is 3.76. The molecule has 1 N–H and O–H groups in total. The van der Waals surface area contributed by atoms with Gasteiger partial charge in [-0.2, -0.15) is 0 Å². The molecule has 2 saturated heterocycles. The number of carbonyl (C=O) groups is 1. The van der Waals surface area contributed by atoms with E-state index in [2.05, 4.69) is 12.2 Å². The lowest BCUT2D eigenvalue weighted by Crippen LogP contribution is -2.60.